The average Bonchev–Trinajstić information content (AvgIpc) is 3.19. The topological polar surface area (TPSA) is 115 Å². The molecule has 4 aromatic rings. The van der Waals surface area contributed by atoms with Crippen molar-refractivity contribution in [1.82, 2.24) is 15.9 Å². The molecule has 2 aromatic carbocycles. The fraction of sp³-hybridized carbons (Fsp3) is 0.174. The number of anilines is 1. The van der Waals surface area contributed by atoms with Gasteiger partial charge >= 0.3 is 0 Å². The molecule has 176 valence electrons. The molecule has 0 saturated carbocycles. The molecule has 3 N–H and O–H groups in total. The van der Waals surface area contributed by atoms with Crippen molar-refractivity contribution in [2.24, 2.45) is 0 Å². The number of amides is 2. The van der Waals surface area contributed by atoms with Crippen molar-refractivity contribution in [1.29, 1.82) is 0 Å². The first-order chi connectivity index (χ1) is 16.3. The quantitative estimate of drug-likeness (QED) is 0.300. The van der Waals surface area contributed by atoms with Gasteiger partial charge in [0.2, 0.25) is 0 Å². The zero-order valence-electron chi connectivity index (χ0n) is 18.4. The lowest BCUT2D eigenvalue weighted by atomic mass is 10.0. The molecule has 0 bridgehead atoms. The van der Waals surface area contributed by atoms with Crippen LogP contribution in [0.15, 0.2) is 47.1 Å². The first-order valence-electron chi connectivity index (χ1n) is 10.2. The number of nitrogens with one attached hydrogen (secondary N) is 3. The van der Waals surface area contributed by atoms with Crippen LogP contribution in [0.3, 0.4) is 0 Å². The molecular weight excluding hydrogens is 483 g/mol. The Labute approximate surface area is 204 Å². The minimum absolute atomic E-state index is 0.0107. The molecule has 2 amide bonds. The number of hydrogen-bond donors (Lipinski definition) is 3. The van der Waals surface area contributed by atoms with E-state index in [0.29, 0.717) is 33.3 Å². The predicted molar refractivity (Wildman–Crippen MR) is 129 cm³/mol. The number of furan rings is 1. The first-order valence-corrected chi connectivity index (χ1v) is 10.9. The highest BCUT2D eigenvalue weighted by atomic mass is 35.5. The van der Waals surface area contributed by atoms with Crippen LogP contribution in [0.1, 0.15) is 34.6 Å². The molecule has 9 nitrogen and oxygen atoms in total. The van der Waals surface area contributed by atoms with E-state index in [1.807, 2.05) is 13.8 Å². The largest absolute Gasteiger partial charge is 0.493 e. The molecular formula is C23H20Cl2N4O5. The number of carbonyl (C=O) groups excluding carboxylic acids is 2. The van der Waals surface area contributed by atoms with Crippen molar-refractivity contribution < 1.29 is 23.7 Å². The van der Waals surface area contributed by atoms with Crippen molar-refractivity contribution in [3.8, 4) is 5.75 Å². The molecule has 0 atom stereocenters. The number of aromatic nitrogens is 1. The van der Waals surface area contributed by atoms with Crippen LogP contribution in [0, 0.1) is 0 Å². The Bertz CT molecular complexity index is 1380. The molecule has 0 radical (unpaired) electrons. The highest BCUT2D eigenvalue weighted by Crippen LogP contribution is 2.38. The van der Waals surface area contributed by atoms with E-state index in [4.69, 9.17) is 37.3 Å². The van der Waals surface area contributed by atoms with Crippen molar-refractivity contribution >= 4 is 62.6 Å². The number of hydrogen-bond acceptors (Lipinski definition) is 7. The van der Waals surface area contributed by atoms with E-state index in [1.54, 1.807) is 30.3 Å². The maximum Gasteiger partial charge on any atom is 0.276 e. The number of carbonyl (C=O) groups is 2. The van der Waals surface area contributed by atoms with Gasteiger partial charge in [0.25, 0.3) is 11.8 Å². The smallest absolute Gasteiger partial charge is 0.276 e. The molecule has 0 saturated heterocycles. The summed E-state index contributed by atoms with van der Waals surface area (Å²) in [7, 11) is 1.50. The lowest BCUT2D eigenvalue weighted by molar-refractivity contribution is -0.0386. The third kappa shape index (κ3) is 4.64. The van der Waals surface area contributed by atoms with E-state index in [-0.39, 0.29) is 27.3 Å². The van der Waals surface area contributed by atoms with E-state index in [9.17, 15) is 9.59 Å². The van der Waals surface area contributed by atoms with Crippen LogP contribution in [0.4, 0.5) is 5.69 Å². The first kappa shape index (κ1) is 23.8. The van der Waals surface area contributed by atoms with Gasteiger partial charge in [-0.2, -0.15) is 10.4 Å². The minimum atomic E-state index is -0.482. The van der Waals surface area contributed by atoms with Crippen LogP contribution in [0.2, 0.25) is 10.0 Å². The minimum Gasteiger partial charge on any atom is -0.493 e. The normalized spacial score (nSPS) is 11.2. The van der Waals surface area contributed by atoms with Crippen molar-refractivity contribution in [3.05, 3.63) is 63.9 Å². The monoisotopic (exact) mass is 502 g/mol. The van der Waals surface area contributed by atoms with Crippen LogP contribution in [0.5, 0.6) is 5.75 Å². The van der Waals surface area contributed by atoms with Gasteiger partial charge < -0.3 is 14.5 Å². The van der Waals surface area contributed by atoms with Gasteiger partial charge in [0.05, 0.1) is 28.4 Å². The van der Waals surface area contributed by atoms with Gasteiger partial charge in [-0.15, -0.1) is 0 Å². The summed E-state index contributed by atoms with van der Waals surface area (Å²) in [5.41, 5.74) is 6.58. The number of nitrogens with zero attached hydrogens (tertiary/aromatic N) is 1. The molecule has 0 fully saturated rings. The van der Waals surface area contributed by atoms with Crippen molar-refractivity contribution in [3.63, 3.8) is 0 Å². The lowest BCUT2D eigenvalue weighted by Gasteiger charge is -2.11. The van der Waals surface area contributed by atoms with E-state index in [2.05, 4.69) is 21.3 Å². The molecule has 0 aliphatic carbocycles. The van der Waals surface area contributed by atoms with Crippen LogP contribution >= 0.6 is 23.2 Å². The molecule has 2 aromatic heterocycles. The third-order valence-electron chi connectivity index (χ3n) is 4.84. The number of methoxy groups -OCH3 is 1. The van der Waals surface area contributed by atoms with Crippen molar-refractivity contribution in [2.75, 3.05) is 12.4 Å². The van der Waals surface area contributed by atoms with Gasteiger partial charge in [-0.25, -0.2) is 5.48 Å². The van der Waals surface area contributed by atoms with Crippen LogP contribution in [0.25, 0.3) is 21.9 Å². The number of rotatable bonds is 7. The Morgan fingerprint density at radius 3 is 2.47 bits per heavy atom. The van der Waals surface area contributed by atoms with E-state index in [0.717, 1.165) is 0 Å². The Hall–Kier alpha value is -3.37. The summed E-state index contributed by atoms with van der Waals surface area (Å²) >= 11 is 12.3. The summed E-state index contributed by atoms with van der Waals surface area (Å²) in [5, 5.41) is 4.10. The molecule has 4 rings (SSSR count). The number of hydroxylamine groups is 2. The highest BCUT2D eigenvalue weighted by molar-refractivity contribution is 6.40. The molecule has 11 heteroatoms. The molecule has 34 heavy (non-hydrogen) atoms. The maximum atomic E-state index is 13.3. The van der Waals surface area contributed by atoms with Gasteiger partial charge in [0.15, 0.2) is 11.3 Å². The molecule has 0 spiro atoms. The Kier molecular flexibility index (Phi) is 6.90. The fourth-order valence-electron chi connectivity index (χ4n) is 3.31. The number of pyridine rings is 1. The fourth-order valence-corrected chi connectivity index (χ4v) is 3.77. The van der Waals surface area contributed by atoms with Gasteiger partial charge in [-0.3, -0.25) is 14.6 Å². The summed E-state index contributed by atoms with van der Waals surface area (Å²) in [6, 6.07) is 8.05. The second-order valence-corrected chi connectivity index (χ2v) is 8.38. The summed E-state index contributed by atoms with van der Waals surface area (Å²) in [4.78, 5) is 34.7. The number of fused-ring (bicyclic) bond motifs is 3. The summed E-state index contributed by atoms with van der Waals surface area (Å²) < 4.78 is 11.4. The SMILES string of the molecule is COc1ccc(C(=O)Nc2c(Cl)cncc2Cl)c2c1oc1ccc(C(=O)NONC(C)C)cc12. The van der Waals surface area contributed by atoms with E-state index >= 15 is 0 Å². The summed E-state index contributed by atoms with van der Waals surface area (Å²) in [6.07, 6.45) is 2.75. The Balaban J connectivity index is 1.79. The molecule has 0 aliphatic heterocycles. The zero-order valence-corrected chi connectivity index (χ0v) is 19.9. The lowest BCUT2D eigenvalue weighted by Crippen LogP contribution is -2.34. The van der Waals surface area contributed by atoms with E-state index in [1.165, 1.54) is 19.5 Å². The van der Waals surface area contributed by atoms with Crippen LogP contribution < -0.4 is 21.0 Å². The molecule has 0 aliphatic rings. The molecule has 2 heterocycles. The van der Waals surface area contributed by atoms with Gasteiger partial charge in [0.1, 0.15) is 5.58 Å². The second-order valence-electron chi connectivity index (χ2n) is 7.57. The number of ether oxygens (including phenoxy) is 1. The second kappa shape index (κ2) is 9.86. The van der Waals surface area contributed by atoms with Crippen LogP contribution in [-0.2, 0) is 4.94 Å². The maximum absolute atomic E-state index is 13.3. The van der Waals surface area contributed by atoms with E-state index < -0.39 is 11.8 Å². The Morgan fingerprint density at radius 1 is 1.06 bits per heavy atom. The highest BCUT2D eigenvalue weighted by Gasteiger charge is 2.22. The van der Waals surface area contributed by atoms with Crippen molar-refractivity contribution in [2.45, 2.75) is 19.9 Å². The standard InChI is InChI=1S/C23H20Cl2N4O5/c1-11(2)28-34-29-22(30)12-4-6-17-14(8-12)19-13(5-7-18(32-3)21(19)33-17)23(31)27-20-15(24)9-26-10-16(20)25/h4-11,28H,1-3H3,(H,29,30)(H,26,27,31). The number of halogens is 2. The Morgan fingerprint density at radius 2 is 1.79 bits per heavy atom. The zero-order chi connectivity index (χ0) is 24.4. The number of benzene rings is 2. The summed E-state index contributed by atoms with van der Waals surface area (Å²) in [6.45, 7) is 3.73. The molecule has 0 unspecified atom stereocenters. The van der Waals surface area contributed by atoms with Crippen LogP contribution in [-0.4, -0.2) is 29.9 Å². The summed E-state index contributed by atoms with van der Waals surface area (Å²) in [5.74, 6) is -0.531. The van der Waals surface area contributed by atoms with Gasteiger partial charge in [-0.05, 0) is 44.2 Å². The average molecular weight is 503 g/mol. The van der Waals surface area contributed by atoms with Gasteiger partial charge in [0, 0.05) is 34.8 Å². The predicted octanol–water partition coefficient (Wildman–Crippen LogP) is 5.12. The third-order valence-corrected chi connectivity index (χ3v) is 5.41. The van der Waals surface area contributed by atoms with Gasteiger partial charge in [-0.1, -0.05) is 23.2 Å².